The van der Waals surface area contributed by atoms with Crippen molar-refractivity contribution in [3.8, 4) is 0 Å². The molecule has 1 aromatic heterocycles. The van der Waals surface area contributed by atoms with Crippen LogP contribution in [0.3, 0.4) is 0 Å². The van der Waals surface area contributed by atoms with E-state index >= 15 is 0 Å². The first kappa shape index (κ1) is 14.0. The van der Waals surface area contributed by atoms with Gasteiger partial charge in [-0.05, 0) is 31.4 Å². The molecule has 0 spiro atoms. The van der Waals surface area contributed by atoms with Gasteiger partial charge in [-0.15, -0.1) is 11.3 Å². The summed E-state index contributed by atoms with van der Waals surface area (Å²) in [7, 11) is -3.23. The van der Waals surface area contributed by atoms with Gasteiger partial charge in [0.25, 0.3) is 0 Å². The molecule has 1 aromatic rings. The van der Waals surface area contributed by atoms with Crippen molar-refractivity contribution in [2.45, 2.75) is 38.8 Å². The van der Waals surface area contributed by atoms with E-state index in [1.54, 1.807) is 11.3 Å². The Morgan fingerprint density at radius 3 is 2.83 bits per heavy atom. The molecule has 18 heavy (non-hydrogen) atoms. The Balaban J connectivity index is 1.84. The van der Waals surface area contributed by atoms with Crippen LogP contribution in [0.5, 0.6) is 0 Å². The van der Waals surface area contributed by atoms with Crippen molar-refractivity contribution in [1.82, 2.24) is 4.72 Å². The van der Waals surface area contributed by atoms with Crippen LogP contribution in [0.2, 0.25) is 0 Å². The molecule has 0 bridgehead atoms. The number of thiophene rings is 1. The summed E-state index contributed by atoms with van der Waals surface area (Å²) < 4.78 is 31.7. The fourth-order valence-electron chi connectivity index (χ4n) is 1.97. The second kappa shape index (κ2) is 6.14. The molecule has 1 atom stereocenters. The highest BCUT2D eigenvalue weighted by atomic mass is 32.2. The van der Waals surface area contributed by atoms with Crippen LogP contribution >= 0.6 is 11.3 Å². The predicted molar refractivity (Wildman–Crippen MR) is 73.3 cm³/mol. The Morgan fingerprint density at radius 2 is 2.22 bits per heavy atom. The molecule has 1 unspecified atom stereocenters. The number of hydrogen-bond donors (Lipinski definition) is 1. The number of rotatable bonds is 6. The van der Waals surface area contributed by atoms with Crippen LogP contribution in [0.4, 0.5) is 0 Å². The lowest BCUT2D eigenvalue weighted by molar-refractivity contribution is 0.127. The highest BCUT2D eigenvalue weighted by molar-refractivity contribution is 7.89. The molecule has 0 radical (unpaired) electrons. The van der Waals surface area contributed by atoms with Crippen molar-refractivity contribution >= 4 is 21.4 Å². The summed E-state index contributed by atoms with van der Waals surface area (Å²) in [4.78, 5) is 2.34. The molecule has 102 valence electrons. The summed E-state index contributed by atoms with van der Waals surface area (Å²) in [5.74, 6) is 0.0824. The van der Waals surface area contributed by atoms with Crippen molar-refractivity contribution in [3.63, 3.8) is 0 Å². The number of nitrogens with one attached hydrogen (secondary N) is 1. The van der Waals surface area contributed by atoms with Gasteiger partial charge in [-0.1, -0.05) is 6.92 Å². The largest absolute Gasteiger partial charge is 0.377 e. The summed E-state index contributed by atoms with van der Waals surface area (Å²) in [6, 6.07) is 4.03. The molecule has 0 aromatic carbocycles. The van der Waals surface area contributed by atoms with E-state index in [0.29, 0.717) is 13.2 Å². The maximum atomic E-state index is 11.8. The predicted octanol–water partition coefficient (Wildman–Crippen LogP) is 1.91. The Labute approximate surface area is 112 Å². The molecule has 0 saturated carbocycles. The normalized spacial score (nSPS) is 20.4. The fraction of sp³-hybridized carbons (Fsp3) is 0.667. The number of sulfonamides is 1. The van der Waals surface area contributed by atoms with Gasteiger partial charge in [0.1, 0.15) is 0 Å². The first-order valence-electron chi connectivity index (χ1n) is 6.25. The van der Waals surface area contributed by atoms with E-state index in [0.717, 1.165) is 24.1 Å². The Bertz CT molecular complexity index is 475. The molecule has 2 rings (SSSR count). The van der Waals surface area contributed by atoms with E-state index in [2.05, 4.69) is 11.6 Å². The van der Waals surface area contributed by atoms with Gasteiger partial charge in [-0.2, -0.15) is 0 Å². The van der Waals surface area contributed by atoms with Gasteiger partial charge in [0, 0.05) is 22.9 Å². The van der Waals surface area contributed by atoms with Gasteiger partial charge in [-0.3, -0.25) is 0 Å². The van der Waals surface area contributed by atoms with Crippen LogP contribution in [0, 0.1) is 0 Å². The van der Waals surface area contributed by atoms with E-state index in [1.807, 2.05) is 12.1 Å². The van der Waals surface area contributed by atoms with Crippen molar-refractivity contribution < 1.29 is 13.2 Å². The van der Waals surface area contributed by atoms with Crippen molar-refractivity contribution in [1.29, 1.82) is 0 Å². The zero-order valence-corrected chi connectivity index (χ0v) is 12.1. The molecule has 1 aliphatic heterocycles. The SMILES string of the molecule is CCc1ccc(CNS(=O)(=O)CC2CCCO2)s1. The molecule has 2 heterocycles. The first-order valence-corrected chi connectivity index (χ1v) is 8.72. The van der Waals surface area contributed by atoms with E-state index in [9.17, 15) is 8.42 Å². The highest BCUT2D eigenvalue weighted by Gasteiger charge is 2.23. The Kier molecular flexibility index (Phi) is 4.77. The van der Waals surface area contributed by atoms with Crippen LogP contribution in [-0.4, -0.2) is 26.9 Å². The third kappa shape index (κ3) is 4.05. The topological polar surface area (TPSA) is 55.4 Å². The second-order valence-electron chi connectivity index (χ2n) is 4.46. The molecular weight excluding hydrogens is 270 g/mol. The summed E-state index contributed by atoms with van der Waals surface area (Å²) in [6.07, 6.45) is 2.68. The molecular formula is C12H19NO3S2. The molecule has 1 N–H and O–H groups in total. The van der Waals surface area contributed by atoms with Crippen LogP contribution in [0.15, 0.2) is 12.1 Å². The Morgan fingerprint density at radius 1 is 1.44 bits per heavy atom. The zero-order valence-electron chi connectivity index (χ0n) is 10.5. The first-order chi connectivity index (χ1) is 8.59. The molecule has 0 aliphatic carbocycles. The van der Waals surface area contributed by atoms with Crippen molar-refractivity contribution in [3.05, 3.63) is 21.9 Å². The molecule has 1 fully saturated rings. The zero-order chi connectivity index (χ0) is 13.0. The minimum absolute atomic E-state index is 0.0824. The lowest BCUT2D eigenvalue weighted by Gasteiger charge is -2.10. The van der Waals surface area contributed by atoms with Gasteiger partial charge < -0.3 is 4.74 Å². The highest BCUT2D eigenvalue weighted by Crippen LogP contribution is 2.17. The van der Waals surface area contributed by atoms with Crippen LogP contribution < -0.4 is 4.72 Å². The third-order valence-electron chi connectivity index (χ3n) is 2.96. The number of hydrogen-bond acceptors (Lipinski definition) is 4. The Hall–Kier alpha value is -0.430. The van der Waals surface area contributed by atoms with E-state index in [4.69, 9.17) is 4.74 Å². The molecule has 0 amide bonds. The van der Waals surface area contributed by atoms with Crippen LogP contribution in [0.25, 0.3) is 0 Å². The molecule has 6 heteroatoms. The third-order valence-corrected chi connectivity index (χ3v) is 5.59. The monoisotopic (exact) mass is 289 g/mol. The minimum Gasteiger partial charge on any atom is -0.377 e. The van der Waals surface area contributed by atoms with E-state index in [1.165, 1.54) is 4.88 Å². The number of ether oxygens (including phenoxy) is 1. The van der Waals surface area contributed by atoms with Gasteiger partial charge in [-0.25, -0.2) is 13.1 Å². The maximum absolute atomic E-state index is 11.8. The van der Waals surface area contributed by atoms with E-state index in [-0.39, 0.29) is 11.9 Å². The minimum atomic E-state index is -3.23. The maximum Gasteiger partial charge on any atom is 0.214 e. The van der Waals surface area contributed by atoms with Gasteiger partial charge in [0.15, 0.2) is 0 Å². The van der Waals surface area contributed by atoms with Gasteiger partial charge >= 0.3 is 0 Å². The summed E-state index contributed by atoms with van der Waals surface area (Å²) >= 11 is 1.66. The summed E-state index contributed by atoms with van der Waals surface area (Å²) in [5, 5.41) is 0. The fourth-order valence-corrected chi connectivity index (χ4v) is 4.20. The standard InChI is InChI=1S/C12H19NO3S2/c1-2-11-5-6-12(17-11)8-13-18(14,15)9-10-4-3-7-16-10/h5-6,10,13H,2-4,7-9H2,1H3. The summed E-state index contributed by atoms with van der Waals surface area (Å²) in [6.45, 7) is 3.17. The molecule has 1 saturated heterocycles. The van der Waals surface area contributed by atoms with Gasteiger partial charge in [0.05, 0.1) is 11.9 Å². The smallest absolute Gasteiger partial charge is 0.214 e. The average molecular weight is 289 g/mol. The number of aryl methyl sites for hydroxylation is 1. The van der Waals surface area contributed by atoms with Crippen molar-refractivity contribution in [2.75, 3.05) is 12.4 Å². The van der Waals surface area contributed by atoms with E-state index < -0.39 is 10.0 Å². The van der Waals surface area contributed by atoms with Crippen molar-refractivity contribution in [2.24, 2.45) is 0 Å². The summed E-state index contributed by atoms with van der Waals surface area (Å²) in [5.41, 5.74) is 0. The second-order valence-corrected chi connectivity index (χ2v) is 7.56. The van der Waals surface area contributed by atoms with Crippen LogP contribution in [0.1, 0.15) is 29.5 Å². The van der Waals surface area contributed by atoms with Gasteiger partial charge in [0.2, 0.25) is 10.0 Å². The lowest BCUT2D eigenvalue weighted by atomic mass is 10.3. The molecule has 4 nitrogen and oxygen atoms in total. The average Bonchev–Trinajstić information content (AvgIpc) is 2.96. The van der Waals surface area contributed by atoms with Crippen LogP contribution in [-0.2, 0) is 27.7 Å². The molecule has 1 aliphatic rings. The quantitative estimate of drug-likeness (QED) is 0.870. The lowest BCUT2D eigenvalue weighted by Crippen LogP contribution is -2.31.